The Morgan fingerprint density at radius 3 is 2.69 bits per heavy atom. The molecule has 0 unspecified atom stereocenters. The molecule has 0 aliphatic carbocycles. The van der Waals surface area contributed by atoms with Crippen LogP contribution in [0.25, 0.3) is 0 Å². The Morgan fingerprint density at radius 1 is 1.31 bits per heavy atom. The van der Waals surface area contributed by atoms with E-state index in [2.05, 4.69) is 26.3 Å². The van der Waals surface area contributed by atoms with Crippen LogP contribution in [0, 0.1) is 0 Å². The van der Waals surface area contributed by atoms with Crippen molar-refractivity contribution in [2.75, 3.05) is 11.9 Å². The molecule has 0 amide bonds. The highest BCUT2D eigenvalue weighted by Gasteiger charge is 1.95. The van der Waals surface area contributed by atoms with Gasteiger partial charge in [-0.15, -0.1) is 0 Å². The van der Waals surface area contributed by atoms with Gasteiger partial charge in [-0.2, -0.15) is 5.10 Å². The Balaban J connectivity index is 1.82. The minimum absolute atomic E-state index is 0.751. The highest BCUT2D eigenvalue weighted by atomic mass is 79.9. The third kappa shape index (κ3) is 3.25. The molecule has 5 heteroatoms. The minimum atomic E-state index is 0.751. The van der Waals surface area contributed by atoms with Gasteiger partial charge in [0, 0.05) is 23.5 Å². The lowest BCUT2D eigenvalue weighted by atomic mass is 10.3. The molecule has 1 heterocycles. The van der Waals surface area contributed by atoms with Gasteiger partial charge in [0.15, 0.2) is 0 Å². The maximum Gasteiger partial charge on any atom is 0.0632 e. The van der Waals surface area contributed by atoms with Crippen LogP contribution in [0.4, 0.5) is 5.69 Å². The number of nitrogens with zero attached hydrogens (tertiary/aromatic N) is 2. The monoisotopic (exact) mass is 299 g/mol. The van der Waals surface area contributed by atoms with Gasteiger partial charge in [-0.1, -0.05) is 11.6 Å². The number of nitrogens with one attached hydrogen (secondary N) is 1. The van der Waals surface area contributed by atoms with Gasteiger partial charge in [-0.3, -0.25) is 4.68 Å². The first-order valence-corrected chi connectivity index (χ1v) is 6.08. The van der Waals surface area contributed by atoms with Crippen molar-refractivity contribution in [2.24, 2.45) is 0 Å². The summed E-state index contributed by atoms with van der Waals surface area (Å²) in [5.74, 6) is 0. The van der Waals surface area contributed by atoms with Gasteiger partial charge in [0.2, 0.25) is 0 Å². The van der Waals surface area contributed by atoms with E-state index in [0.717, 1.165) is 28.3 Å². The van der Waals surface area contributed by atoms with E-state index in [1.807, 2.05) is 35.1 Å². The van der Waals surface area contributed by atoms with E-state index in [9.17, 15) is 0 Å². The summed E-state index contributed by atoms with van der Waals surface area (Å²) in [5.41, 5.74) is 1.07. The van der Waals surface area contributed by atoms with Crippen molar-refractivity contribution in [1.82, 2.24) is 9.78 Å². The quantitative estimate of drug-likeness (QED) is 0.938. The van der Waals surface area contributed by atoms with Crippen molar-refractivity contribution in [3.8, 4) is 0 Å². The lowest BCUT2D eigenvalue weighted by Crippen LogP contribution is -2.10. The van der Waals surface area contributed by atoms with Crippen LogP contribution in [-0.4, -0.2) is 16.3 Å². The van der Waals surface area contributed by atoms with Crippen molar-refractivity contribution in [3.63, 3.8) is 0 Å². The largest absolute Gasteiger partial charge is 0.383 e. The highest BCUT2D eigenvalue weighted by Crippen LogP contribution is 2.13. The Kier molecular flexibility index (Phi) is 3.85. The molecule has 0 bridgehead atoms. The van der Waals surface area contributed by atoms with E-state index < -0.39 is 0 Å². The Labute approximate surface area is 108 Å². The van der Waals surface area contributed by atoms with Crippen LogP contribution < -0.4 is 5.32 Å². The summed E-state index contributed by atoms with van der Waals surface area (Å²) in [7, 11) is 0. The number of anilines is 1. The van der Waals surface area contributed by atoms with Crippen LogP contribution in [0.2, 0.25) is 5.02 Å². The number of aromatic nitrogens is 2. The summed E-state index contributed by atoms with van der Waals surface area (Å²) in [4.78, 5) is 0. The number of hydrogen-bond donors (Lipinski definition) is 1. The third-order valence-corrected chi connectivity index (χ3v) is 2.78. The first-order chi connectivity index (χ1) is 7.74. The van der Waals surface area contributed by atoms with E-state index in [0.29, 0.717) is 0 Å². The van der Waals surface area contributed by atoms with Gasteiger partial charge in [0.05, 0.1) is 17.2 Å². The Bertz CT molecular complexity index is 453. The van der Waals surface area contributed by atoms with Crippen LogP contribution in [0.1, 0.15) is 0 Å². The fourth-order valence-electron chi connectivity index (χ4n) is 1.34. The second kappa shape index (κ2) is 5.37. The van der Waals surface area contributed by atoms with Crippen LogP contribution in [-0.2, 0) is 6.54 Å². The van der Waals surface area contributed by atoms with E-state index in [1.165, 1.54) is 0 Å². The molecule has 0 spiro atoms. The average Bonchev–Trinajstić information content (AvgIpc) is 2.67. The summed E-state index contributed by atoms with van der Waals surface area (Å²) in [6.45, 7) is 1.66. The summed E-state index contributed by atoms with van der Waals surface area (Å²) in [6, 6.07) is 7.66. The second-order valence-electron chi connectivity index (χ2n) is 3.36. The fourth-order valence-corrected chi connectivity index (χ4v) is 1.80. The topological polar surface area (TPSA) is 29.9 Å². The van der Waals surface area contributed by atoms with Gasteiger partial charge in [0.1, 0.15) is 0 Å². The maximum absolute atomic E-state index is 5.80. The van der Waals surface area contributed by atoms with E-state index in [-0.39, 0.29) is 0 Å². The number of halogens is 2. The molecule has 2 rings (SSSR count). The maximum atomic E-state index is 5.80. The highest BCUT2D eigenvalue weighted by molar-refractivity contribution is 9.10. The molecule has 0 aliphatic rings. The molecule has 1 aromatic carbocycles. The SMILES string of the molecule is Clc1ccc(NCCn2cc(Br)cn2)cc1. The third-order valence-electron chi connectivity index (χ3n) is 2.12. The van der Waals surface area contributed by atoms with Crippen LogP contribution >= 0.6 is 27.5 Å². The molecule has 0 radical (unpaired) electrons. The molecular formula is C11H11BrClN3. The molecule has 0 aliphatic heterocycles. The normalized spacial score (nSPS) is 10.4. The van der Waals surface area contributed by atoms with Gasteiger partial charge in [-0.05, 0) is 40.2 Å². The van der Waals surface area contributed by atoms with Gasteiger partial charge in [-0.25, -0.2) is 0 Å². The van der Waals surface area contributed by atoms with E-state index in [4.69, 9.17) is 11.6 Å². The van der Waals surface area contributed by atoms with Gasteiger partial charge < -0.3 is 5.32 Å². The number of benzene rings is 1. The van der Waals surface area contributed by atoms with Gasteiger partial charge >= 0.3 is 0 Å². The first kappa shape index (κ1) is 11.5. The summed E-state index contributed by atoms with van der Waals surface area (Å²) >= 11 is 9.16. The van der Waals surface area contributed by atoms with Crippen LogP contribution in [0.5, 0.6) is 0 Å². The first-order valence-electron chi connectivity index (χ1n) is 4.91. The second-order valence-corrected chi connectivity index (χ2v) is 4.71. The van der Waals surface area contributed by atoms with E-state index >= 15 is 0 Å². The summed E-state index contributed by atoms with van der Waals surface area (Å²) < 4.78 is 2.88. The Hall–Kier alpha value is -1.00. The molecule has 84 valence electrons. The number of rotatable bonds is 4. The molecule has 16 heavy (non-hydrogen) atoms. The lowest BCUT2D eigenvalue weighted by molar-refractivity contribution is 0.637. The molecule has 0 fully saturated rings. The minimum Gasteiger partial charge on any atom is -0.383 e. The predicted molar refractivity (Wildman–Crippen MR) is 69.9 cm³/mol. The molecule has 3 nitrogen and oxygen atoms in total. The molecule has 1 aromatic heterocycles. The molecule has 0 atom stereocenters. The molecule has 0 saturated carbocycles. The zero-order chi connectivity index (χ0) is 11.4. The zero-order valence-electron chi connectivity index (χ0n) is 8.53. The van der Waals surface area contributed by atoms with Crippen molar-refractivity contribution >= 4 is 33.2 Å². The van der Waals surface area contributed by atoms with E-state index in [1.54, 1.807) is 6.20 Å². The fraction of sp³-hybridized carbons (Fsp3) is 0.182. The smallest absolute Gasteiger partial charge is 0.0632 e. The standard InChI is InChI=1S/C11H11BrClN3/c12-9-7-15-16(8-9)6-5-14-11-3-1-10(13)2-4-11/h1-4,7-8,14H,5-6H2. The summed E-state index contributed by atoms with van der Waals surface area (Å²) in [6.07, 6.45) is 3.73. The average molecular weight is 301 g/mol. The molecular weight excluding hydrogens is 289 g/mol. The van der Waals surface area contributed by atoms with Crippen molar-refractivity contribution in [3.05, 3.63) is 46.2 Å². The van der Waals surface area contributed by atoms with Crippen LogP contribution in [0.3, 0.4) is 0 Å². The number of hydrogen-bond acceptors (Lipinski definition) is 2. The summed E-state index contributed by atoms with van der Waals surface area (Å²) in [5, 5.41) is 8.22. The van der Waals surface area contributed by atoms with Crippen molar-refractivity contribution in [1.29, 1.82) is 0 Å². The molecule has 0 saturated heterocycles. The van der Waals surface area contributed by atoms with Crippen molar-refractivity contribution < 1.29 is 0 Å². The zero-order valence-corrected chi connectivity index (χ0v) is 10.9. The van der Waals surface area contributed by atoms with Crippen molar-refractivity contribution in [2.45, 2.75) is 6.54 Å². The lowest BCUT2D eigenvalue weighted by Gasteiger charge is -2.06. The molecule has 2 aromatic rings. The predicted octanol–water partition coefficient (Wildman–Crippen LogP) is 3.41. The Morgan fingerprint density at radius 2 is 2.06 bits per heavy atom. The van der Waals surface area contributed by atoms with Gasteiger partial charge in [0.25, 0.3) is 0 Å². The van der Waals surface area contributed by atoms with Crippen LogP contribution in [0.15, 0.2) is 41.1 Å². The molecule has 1 N–H and O–H groups in total.